The third-order valence-corrected chi connectivity index (χ3v) is 5.79. The predicted molar refractivity (Wildman–Crippen MR) is 103 cm³/mol. The molecule has 1 aliphatic rings. The number of hydrogen-bond donors (Lipinski definition) is 2. The minimum Gasteiger partial charge on any atom is -0.382 e. The van der Waals surface area contributed by atoms with E-state index in [1.807, 2.05) is 12.1 Å². The number of hydrogen-bond acceptors (Lipinski definition) is 5. The molecule has 0 spiro atoms. The second-order valence-electron chi connectivity index (χ2n) is 6.82. The van der Waals surface area contributed by atoms with Crippen LogP contribution in [0.15, 0.2) is 47.4 Å². The van der Waals surface area contributed by atoms with Gasteiger partial charge in [0, 0.05) is 30.5 Å². The van der Waals surface area contributed by atoms with Crippen molar-refractivity contribution in [3.63, 3.8) is 0 Å². The lowest BCUT2D eigenvalue weighted by atomic mass is 10.0. The minimum atomic E-state index is -4.83. The van der Waals surface area contributed by atoms with Gasteiger partial charge in [0.1, 0.15) is 0 Å². The van der Waals surface area contributed by atoms with Crippen LogP contribution in [0.5, 0.6) is 0 Å². The summed E-state index contributed by atoms with van der Waals surface area (Å²) in [6.07, 6.45) is -3.45. The van der Waals surface area contributed by atoms with Crippen LogP contribution in [-0.2, 0) is 16.2 Å². The summed E-state index contributed by atoms with van der Waals surface area (Å²) in [4.78, 5) is 1.20. The number of sulfonamides is 1. The van der Waals surface area contributed by atoms with E-state index in [0.717, 1.165) is 17.8 Å². The minimum absolute atomic E-state index is 0.0500. The number of halogens is 3. The number of primary sulfonamides is 1. The molecule has 29 heavy (non-hydrogen) atoms. The van der Waals surface area contributed by atoms with Gasteiger partial charge in [-0.1, -0.05) is 0 Å². The van der Waals surface area contributed by atoms with Crippen molar-refractivity contribution in [1.29, 1.82) is 5.26 Å². The van der Waals surface area contributed by atoms with E-state index in [4.69, 9.17) is 10.4 Å². The molecule has 1 fully saturated rings. The Kier molecular flexibility index (Phi) is 5.73. The molecule has 0 aromatic heterocycles. The van der Waals surface area contributed by atoms with E-state index in [1.165, 1.54) is 6.07 Å². The van der Waals surface area contributed by atoms with Gasteiger partial charge < -0.3 is 10.2 Å². The summed E-state index contributed by atoms with van der Waals surface area (Å²) in [5.74, 6) is 0. The molecule has 2 aromatic carbocycles. The van der Waals surface area contributed by atoms with Gasteiger partial charge in [-0.3, -0.25) is 0 Å². The van der Waals surface area contributed by atoms with Gasteiger partial charge >= 0.3 is 6.18 Å². The lowest BCUT2D eigenvalue weighted by Crippen LogP contribution is -2.39. The van der Waals surface area contributed by atoms with Crippen molar-refractivity contribution in [3.05, 3.63) is 53.6 Å². The quantitative estimate of drug-likeness (QED) is 0.785. The van der Waals surface area contributed by atoms with Crippen LogP contribution in [0, 0.1) is 11.3 Å². The molecule has 1 aliphatic heterocycles. The average molecular weight is 424 g/mol. The second kappa shape index (κ2) is 7.93. The van der Waals surface area contributed by atoms with Crippen molar-refractivity contribution < 1.29 is 21.6 Å². The molecule has 3 N–H and O–H groups in total. The summed E-state index contributed by atoms with van der Waals surface area (Å²) in [5.41, 5.74) is 0.481. The molecule has 1 heterocycles. The molecule has 0 aliphatic carbocycles. The van der Waals surface area contributed by atoms with Gasteiger partial charge in [-0.05, 0) is 55.3 Å². The standard InChI is InChI=1S/C19H19F3N4O2S/c20-19(21,22)17-11-15(3-6-18(17)29(24,27)28)25-14-7-9-26(10-8-14)16-4-1-13(12-23)2-5-16/h1-6,11,14,25H,7-10H2,(H2,24,27,28). The summed E-state index contributed by atoms with van der Waals surface area (Å²) in [6.45, 7) is 1.40. The fourth-order valence-corrected chi connectivity index (χ4v) is 4.09. The molecule has 0 unspecified atom stereocenters. The fourth-order valence-electron chi connectivity index (χ4n) is 3.35. The Hall–Kier alpha value is -2.77. The fraction of sp³-hybridized carbons (Fsp3) is 0.316. The van der Waals surface area contributed by atoms with Crippen LogP contribution in [0.1, 0.15) is 24.0 Å². The highest BCUT2D eigenvalue weighted by atomic mass is 32.2. The van der Waals surface area contributed by atoms with E-state index in [9.17, 15) is 21.6 Å². The zero-order valence-corrected chi connectivity index (χ0v) is 16.1. The number of nitrogens with two attached hydrogens (primary N) is 1. The molecule has 2 aromatic rings. The Morgan fingerprint density at radius 3 is 2.24 bits per heavy atom. The molecule has 0 radical (unpaired) electrons. The summed E-state index contributed by atoms with van der Waals surface area (Å²) in [5, 5.41) is 16.8. The molecule has 10 heteroatoms. The van der Waals surface area contributed by atoms with E-state index in [-0.39, 0.29) is 11.7 Å². The first-order valence-corrected chi connectivity index (χ1v) is 10.4. The van der Waals surface area contributed by atoms with Gasteiger partial charge in [-0.2, -0.15) is 18.4 Å². The van der Waals surface area contributed by atoms with Crippen molar-refractivity contribution in [1.82, 2.24) is 0 Å². The van der Waals surface area contributed by atoms with Crippen LogP contribution in [0.2, 0.25) is 0 Å². The number of nitriles is 1. The predicted octanol–water partition coefficient (Wildman–Crippen LogP) is 3.31. The van der Waals surface area contributed by atoms with Crippen molar-refractivity contribution in [2.45, 2.75) is 30.0 Å². The zero-order valence-electron chi connectivity index (χ0n) is 15.3. The van der Waals surface area contributed by atoms with Gasteiger partial charge in [0.2, 0.25) is 10.0 Å². The number of piperidine rings is 1. The van der Waals surface area contributed by atoms with E-state index in [2.05, 4.69) is 16.3 Å². The molecule has 0 atom stereocenters. The number of rotatable bonds is 4. The number of nitrogens with one attached hydrogen (secondary N) is 1. The lowest BCUT2D eigenvalue weighted by Gasteiger charge is -2.34. The molecular weight excluding hydrogens is 405 g/mol. The zero-order chi connectivity index (χ0) is 21.2. The molecule has 1 saturated heterocycles. The molecule has 0 bridgehead atoms. The maximum absolute atomic E-state index is 13.3. The van der Waals surface area contributed by atoms with Gasteiger partial charge in [0.15, 0.2) is 0 Å². The molecule has 3 rings (SSSR count). The third kappa shape index (κ3) is 4.99. The second-order valence-corrected chi connectivity index (χ2v) is 8.35. The van der Waals surface area contributed by atoms with Crippen molar-refractivity contribution in [2.24, 2.45) is 5.14 Å². The molecule has 6 nitrogen and oxygen atoms in total. The molecule has 0 saturated carbocycles. The highest BCUT2D eigenvalue weighted by Gasteiger charge is 2.36. The van der Waals surface area contributed by atoms with Crippen LogP contribution in [0.25, 0.3) is 0 Å². The van der Waals surface area contributed by atoms with Gasteiger partial charge in [0.05, 0.1) is 22.1 Å². The molecular formula is C19H19F3N4O2S. The van der Waals surface area contributed by atoms with Crippen molar-refractivity contribution in [3.8, 4) is 6.07 Å². The smallest absolute Gasteiger partial charge is 0.382 e. The summed E-state index contributed by atoms with van der Waals surface area (Å²) in [7, 11) is -4.48. The monoisotopic (exact) mass is 424 g/mol. The van der Waals surface area contributed by atoms with E-state index in [0.29, 0.717) is 31.5 Å². The average Bonchev–Trinajstić information content (AvgIpc) is 2.67. The van der Waals surface area contributed by atoms with Crippen LogP contribution >= 0.6 is 0 Å². The topological polar surface area (TPSA) is 99.2 Å². The van der Waals surface area contributed by atoms with Gasteiger partial charge in [-0.25, -0.2) is 13.6 Å². The number of alkyl halides is 3. The van der Waals surface area contributed by atoms with Crippen LogP contribution in [0.4, 0.5) is 24.5 Å². The SMILES string of the molecule is N#Cc1ccc(N2CCC(Nc3ccc(S(N)(=O)=O)c(C(F)(F)F)c3)CC2)cc1. The van der Waals surface area contributed by atoms with Crippen LogP contribution in [-0.4, -0.2) is 27.5 Å². The maximum atomic E-state index is 13.3. The summed E-state index contributed by atoms with van der Waals surface area (Å²) >= 11 is 0. The van der Waals surface area contributed by atoms with Crippen molar-refractivity contribution in [2.75, 3.05) is 23.3 Å². The Labute approximate surface area is 166 Å². The number of anilines is 2. The highest BCUT2D eigenvalue weighted by molar-refractivity contribution is 7.89. The normalized spacial score (nSPS) is 15.8. The third-order valence-electron chi connectivity index (χ3n) is 4.82. The lowest BCUT2D eigenvalue weighted by molar-refractivity contribution is -0.139. The number of benzene rings is 2. The Morgan fingerprint density at radius 1 is 1.10 bits per heavy atom. The van der Waals surface area contributed by atoms with Crippen LogP contribution < -0.4 is 15.4 Å². The Balaban J connectivity index is 1.69. The van der Waals surface area contributed by atoms with E-state index in [1.54, 1.807) is 12.1 Å². The summed E-state index contributed by atoms with van der Waals surface area (Å²) in [6, 6.07) is 12.2. The first kappa shape index (κ1) is 21.0. The molecule has 0 amide bonds. The molecule has 154 valence electrons. The Bertz CT molecular complexity index is 1020. The Morgan fingerprint density at radius 2 is 1.72 bits per heavy atom. The van der Waals surface area contributed by atoms with Gasteiger partial charge in [-0.15, -0.1) is 0 Å². The highest BCUT2D eigenvalue weighted by Crippen LogP contribution is 2.36. The first-order valence-electron chi connectivity index (χ1n) is 8.83. The van der Waals surface area contributed by atoms with E-state index < -0.39 is 26.7 Å². The van der Waals surface area contributed by atoms with Crippen molar-refractivity contribution >= 4 is 21.4 Å². The van der Waals surface area contributed by atoms with E-state index >= 15 is 0 Å². The largest absolute Gasteiger partial charge is 0.417 e. The van der Waals surface area contributed by atoms with Crippen LogP contribution in [0.3, 0.4) is 0 Å². The number of nitrogens with zero attached hydrogens (tertiary/aromatic N) is 2. The van der Waals surface area contributed by atoms with Gasteiger partial charge in [0.25, 0.3) is 0 Å². The maximum Gasteiger partial charge on any atom is 0.417 e. The summed E-state index contributed by atoms with van der Waals surface area (Å²) < 4.78 is 62.7. The first-order chi connectivity index (χ1) is 13.6.